The fraction of sp³-hybridized carbons (Fsp3) is 0.571. The lowest BCUT2D eigenvalue weighted by Crippen LogP contribution is -2.11. The molecule has 0 amide bonds. The number of methoxy groups -OCH3 is 2. The average Bonchev–Trinajstić information content (AvgIpc) is 2.38. The van der Waals surface area contributed by atoms with Crippen LogP contribution in [0.25, 0.3) is 0 Å². The van der Waals surface area contributed by atoms with Crippen molar-refractivity contribution in [1.82, 2.24) is 0 Å². The van der Waals surface area contributed by atoms with Crippen LogP contribution in [-0.4, -0.2) is 14.2 Å². The lowest BCUT2D eigenvalue weighted by Gasteiger charge is -2.16. The van der Waals surface area contributed by atoms with Crippen LogP contribution in [0.4, 0.5) is 0 Å². The molecule has 17 heavy (non-hydrogen) atoms. The first-order valence-electron chi connectivity index (χ1n) is 6.20. The molecule has 1 aromatic rings. The van der Waals surface area contributed by atoms with Gasteiger partial charge in [0.1, 0.15) is 11.5 Å². The molecule has 3 heteroatoms. The molecule has 0 radical (unpaired) electrons. The second-order valence-corrected chi connectivity index (χ2v) is 4.21. The van der Waals surface area contributed by atoms with Crippen LogP contribution in [0.15, 0.2) is 18.2 Å². The summed E-state index contributed by atoms with van der Waals surface area (Å²) < 4.78 is 10.6. The Balaban J connectivity index is 2.78. The maximum absolute atomic E-state index is 6.20. The zero-order chi connectivity index (χ0) is 12.7. The third-order valence-electron chi connectivity index (χ3n) is 2.96. The molecule has 96 valence electrons. The molecule has 0 aromatic heterocycles. The van der Waals surface area contributed by atoms with Gasteiger partial charge in [-0.15, -0.1) is 0 Å². The van der Waals surface area contributed by atoms with Gasteiger partial charge in [-0.05, 0) is 24.6 Å². The molecular formula is C14H23NO2. The molecule has 0 bridgehead atoms. The minimum absolute atomic E-state index is 0.0200. The van der Waals surface area contributed by atoms with Crippen molar-refractivity contribution >= 4 is 0 Å². The standard InChI is InChI=1S/C14H23NO2/c1-4-5-6-7-13(15)12-10-11(16-2)8-9-14(12)17-3/h8-10,13H,4-7,15H2,1-3H3/t13-/m0/s1. The number of rotatable bonds is 7. The summed E-state index contributed by atoms with van der Waals surface area (Å²) in [5, 5.41) is 0. The van der Waals surface area contributed by atoms with E-state index in [2.05, 4.69) is 6.92 Å². The normalized spacial score (nSPS) is 12.2. The van der Waals surface area contributed by atoms with Gasteiger partial charge in [-0.2, -0.15) is 0 Å². The monoisotopic (exact) mass is 237 g/mol. The van der Waals surface area contributed by atoms with Crippen LogP contribution in [0.2, 0.25) is 0 Å². The van der Waals surface area contributed by atoms with Crippen LogP contribution in [0.3, 0.4) is 0 Å². The lowest BCUT2D eigenvalue weighted by atomic mass is 10.00. The molecule has 0 fully saturated rings. The van der Waals surface area contributed by atoms with Gasteiger partial charge < -0.3 is 15.2 Å². The highest BCUT2D eigenvalue weighted by atomic mass is 16.5. The van der Waals surface area contributed by atoms with Crippen molar-refractivity contribution in [3.63, 3.8) is 0 Å². The summed E-state index contributed by atoms with van der Waals surface area (Å²) in [6.07, 6.45) is 4.57. The Labute approximate surface area is 104 Å². The van der Waals surface area contributed by atoms with Crippen molar-refractivity contribution in [3.8, 4) is 11.5 Å². The summed E-state index contributed by atoms with van der Waals surface area (Å²) in [5.74, 6) is 1.67. The van der Waals surface area contributed by atoms with E-state index in [4.69, 9.17) is 15.2 Å². The topological polar surface area (TPSA) is 44.5 Å². The maximum atomic E-state index is 6.20. The highest BCUT2D eigenvalue weighted by Crippen LogP contribution is 2.30. The molecule has 0 aliphatic rings. The van der Waals surface area contributed by atoms with E-state index in [0.29, 0.717) is 0 Å². The quantitative estimate of drug-likeness (QED) is 0.740. The van der Waals surface area contributed by atoms with E-state index in [0.717, 1.165) is 29.9 Å². The summed E-state index contributed by atoms with van der Waals surface area (Å²) in [6, 6.07) is 5.79. The molecule has 0 aliphatic carbocycles. The Hall–Kier alpha value is -1.22. The van der Waals surface area contributed by atoms with Crippen LogP contribution < -0.4 is 15.2 Å². The first-order valence-corrected chi connectivity index (χ1v) is 6.20. The van der Waals surface area contributed by atoms with Crippen molar-refractivity contribution < 1.29 is 9.47 Å². The molecule has 0 unspecified atom stereocenters. The SMILES string of the molecule is CCCCC[C@H](N)c1cc(OC)ccc1OC. The van der Waals surface area contributed by atoms with Crippen molar-refractivity contribution in [3.05, 3.63) is 23.8 Å². The van der Waals surface area contributed by atoms with Crippen molar-refractivity contribution in [2.24, 2.45) is 5.73 Å². The third-order valence-corrected chi connectivity index (χ3v) is 2.96. The van der Waals surface area contributed by atoms with Crippen molar-refractivity contribution in [2.75, 3.05) is 14.2 Å². The highest BCUT2D eigenvalue weighted by molar-refractivity contribution is 5.42. The van der Waals surface area contributed by atoms with E-state index in [-0.39, 0.29) is 6.04 Å². The predicted octanol–water partition coefficient (Wildman–Crippen LogP) is 3.28. The van der Waals surface area contributed by atoms with Crippen molar-refractivity contribution in [2.45, 2.75) is 38.6 Å². The predicted molar refractivity (Wildman–Crippen MR) is 70.6 cm³/mol. The van der Waals surface area contributed by atoms with Crippen LogP contribution in [0.5, 0.6) is 11.5 Å². The molecule has 0 spiro atoms. The smallest absolute Gasteiger partial charge is 0.123 e. The van der Waals surface area contributed by atoms with E-state index in [9.17, 15) is 0 Å². The molecule has 1 atom stereocenters. The first-order chi connectivity index (χ1) is 8.22. The summed E-state index contributed by atoms with van der Waals surface area (Å²) >= 11 is 0. The molecule has 1 aromatic carbocycles. The number of benzene rings is 1. The number of unbranched alkanes of at least 4 members (excludes halogenated alkanes) is 2. The third kappa shape index (κ3) is 3.93. The zero-order valence-electron chi connectivity index (χ0n) is 11.0. The second-order valence-electron chi connectivity index (χ2n) is 4.21. The summed E-state index contributed by atoms with van der Waals surface area (Å²) in [4.78, 5) is 0. The first kappa shape index (κ1) is 13.8. The molecule has 0 aliphatic heterocycles. The molecular weight excluding hydrogens is 214 g/mol. The molecule has 0 saturated carbocycles. The van der Waals surface area contributed by atoms with E-state index < -0.39 is 0 Å². The number of ether oxygens (including phenoxy) is 2. The molecule has 0 heterocycles. The maximum Gasteiger partial charge on any atom is 0.123 e. The van der Waals surface area contributed by atoms with E-state index in [1.54, 1.807) is 14.2 Å². The molecule has 1 rings (SSSR count). The summed E-state index contributed by atoms with van der Waals surface area (Å²) in [5.41, 5.74) is 7.23. The van der Waals surface area contributed by atoms with Gasteiger partial charge in [0.15, 0.2) is 0 Å². The Bertz CT molecular complexity index is 339. The molecule has 3 nitrogen and oxygen atoms in total. The lowest BCUT2D eigenvalue weighted by molar-refractivity contribution is 0.393. The Kier molecular flexibility index (Phi) is 5.84. The summed E-state index contributed by atoms with van der Waals surface area (Å²) in [7, 11) is 3.33. The Morgan fingerprint density at radius 3 is 2.53 bits per heavy atom. The van der Waals surface area contributed by atoms with Gasteiger partial charge in [-0.25, -0.2) is 0 Å². The Morgan fingerprint density at radius 1 is 1.18 bits per heavy atom. The zero-order valence-corrected chi connectivity index (χ0v) is 11.0. The second kappa shape index (κ2) is 7.17. The molecule has 0 saturated heterocycles. The number of nitrogens with two attached hydrogens (primary N) is 1. The number of hydrogen-bond acceptors (Lipinski definition) is 3. The van der Waals surface area contributed by atoms with Gasteiger partial charge in [0.25, 0.3) is 0 Å². The van der Waals surface area contributed by atoms with E-state index in [1.165, 1.54) is 12.8 Å². The van der Waals surface area contributed by atoms with Gasteiger partial charge in [0.05, 0.1) is 14.2 Å². The van der Waals surface area contributed by atoms with Crippen LogP contribution in [0, 0.1) is 0 Å². The van der Waals surface area contributed by atoms with Gasteiger partial charge in [-0.1, -0.05) is 26.2 Å². The van der Waals surface area contributed by atoms with Crippen LogP contribution in [-0.2, 0) is 0 Å². The van der Waals surface area contributed by atoms with E-state index in [1.807, 2.05) is 18.2 Å². The van der Waals surface area contributed by atoms with Crippen LogP contribution in [0.1, 0.15) is 44.2 Å². The van der Waals surface area contributed by atoms with Crippen LogP contribution >= 0.6 is 0 Å². The highest BCUT2D eigenvalue weighted by Gasteiger charge is 2.12. The minimum atomic E-state index is 0.0200. The fourth-order valence-corrected chi connectivity index (χ4v) is 1.90. The Morgan fingerprint density at radius 2 is 1.94 bits per heavy atom. The van der Waals surface area contributed by atoms with Crippen molar-refractivity contribution in [1.29, 1.82) is 0 Å². The fourth-order valence-electron chi connectivity index (χ4n) is 1.90. The number of hydrogen-bond donors (Lipinski definition) is 1. The van der Waals surface area contributed by atoms with Gasteiger partial charge in [-0.3, -0.25) is 0 Å². The summed E-state index contributed by atoms with van der Waals surface area (Å²) in [6.45, 7) is 2.19. The van der Waals surface area contributed by atoms with Gasteiger partial charge in [0.2, 0.25) is 0 Å². The minimum Gasteiger partial charge on any atom is -0.497 e. The van der Waals surface area contributed by atoms with E-state index >= 15 is 0 Å². The largest absolute Gasteiger partial charge is 0.497 e. The van der Waals surface area contributed by atoms with Gasteiger partial charge in [0, 0.05) is 11.6 Å². The van der Waals surface area contributed by atoms with Gasteiger partial charge >= 0.3 is 0 Å². The molecule has 2 N–H and O–H groups in total. The average molecular weight is 237 g/mol.